The molecule has 3 aromatic heterocycles. The van der Waals surface area contributed by atoms with Gasteiger partial charge in [-0.15, -0.1) is 0 Å². The van der Waals surface area contributed by atoms with E-state index in [9.17, 15) is 13.6 Å². The third kappa shape index (κ3) is 4.38. The van der Waals surface area contributed by atoms with Crippen LogP contribution in [0, 0.1) is 11.6 Å². The summed E-state index contributed by atoms with van der Waals surface area (Å²) in [5.74, 6) is -1.09. The van der Waals surface area contributed by atoms with Crippen LogP contribution in [0.2, 0.25) is 0 Å². The Kier molecular flexibility index (Phi) is 5.77. The summed E-state index contributed by atoms with van der Waals surface area (Å²) in [6.07, 6.45) is 8.48. The minimum atomic E-state index is -0.695. The molecule has 5 rings (SSSR count). The van der Waals surface area contributed by atoms with Crippen molar-refractivity contribution in [2.75, 3.05) is 6.54 Å². The summed E-state index contributed by atoms with van der Waals surface area (Å²) in [5, 5.41) is 4.46. The fourth-order valence-corrected chi connectivity index (χ4v) is 3.62. The lowest BCUT2D eigenvalue weighted by Crippen LogP contribution is -2.45. The number of hydrogen-bond donors (Lipinski definition) is 0. The number of ether oxygens (including phenoxy) is 1. The Morgan fingerprint density at radius 1 is 1.03 bits per heavy atom. The quantitative estimate of drug-likeness (QED) is 0.452. The molecule has 4 aromatic rings. The van der Waals surface area contributed by atoms with Gasteiger partial charge in [-0.25, -0.2) is 18.7 Å². The summed E-state index contributed by atoms with van der Waals surface area (Å²) >= 11 is 0. The summed E-state index contributed by atoms with van der Waals surface area (Å²) in [6, 6.07) is 10.2. The van der Waals surface area contributed by atoms with Crippen molar-refractivity contribution in [3.05, 3.63) is 96.8 Å². The average molecular weight is 460 g/mol. The Bertz CT molecular complexity index is 1340. The summed E-state index contributed by atoms with van der Waals surface area (Å²) in [6.45, 7) is 0.479. The number of benzene rings is 1. The maximum absolute atomic E-state index is 14.1. The highest BCUT2D eigenvalue weighted by molar-refractivity contribution is 6.00. The molecule has 0 spiro atoms. The lowest BCUT2D eigenvalue weighted by Gasteiger charge is -2.33. The van der Waals surface area contributed by atoms with Crippen molar-refractivity contribution < 1.29 is 18.3 Å². The van der Waals surface area contributed by atoms with Crippen molar-refractivity contribution in [1.29, 1.82) is 0 Å². The topological polar surface area (TPSA) is 86.0 Å². The molecule has 0 radical (unpaired) electrons. The standard InChI is InChI=1S/C24H18F2N6O2/c25-16-3-5-18(23-27-8-1-9-28-23)19(13-16)24(33)32-10-2-12-34-22(32)15-31-11-7-21(30-31)20-6-4-17(26)14-29-20/h1-9,11-14,22H,10,15H2. The van der Waals surface area contributed by atoms with Gasteiger partial charge in [0.1, 0.15) is 17.3 Å². The Morgan fingerprint density at radius 3 is 2.65 bits per heavy atom. The zero-order valence-corrected chi connectivity index (χ0v) is 17.8. The number of nitrogens with zero attached hydrogens (tertiary/aromatic N) is 6. The predicted octanol–water partition coefficient (Wildman–Crippen LogP) is 3.69. The Morgan fingerprint density at radius 2 is 1.85 bits per heavy atom. The summed E-state index contributed by atoms with van der Waals surface area (Å²) in [5.41, 5.74) is 1.62. The van der Waals surface area contributed by atoms with Gasteiger partial charge in [0.15, 0.2) is 12.1 Å². The van der Waals surface area contributed by atoms with Gasteiger partial charge < -0.3 is 4.74 Å². The molecule has 1 amide bonds. The van der Waals surface area contributed by atoms with Crippen molar-refractivity contribution >= 4 is 5.91 Å². The van der Waals surface area contributed by atoms with Crippen LogP contribution < -0.4 is 0 Å². The molecule has 1 aromatic carbocycles. The van der Waals surface area contributed by atoms with Gasteiger partial charge in [0.05, 0.1) is 30.3 Å². The number of rotatable bonds is 5. The fourth-order valence-electron chi connectivity index (χ4n) is 3.62. The second-order valence-electron chi connectivity index (χ2n) is 7.47. The first kappa shape index (κ1) is 21.4. The number of hydrogen-bond acceptors (Lipinski definition) is 6. The van der Waals surface area contributed by atoms with E-state index in [1.54, 1.807) is 41.5 Å². The zero-order chi connectivity index (χ0) is 23.5. The van der Waals surface area contributed by atoms with Gasteiger partial charge in [0, 0.05) is 30.7 Å². The van der Waals surface area contributed by atoms with Crippen LogP contribution in [0.15, 0.2) is 79.6 Å². The molecule has 0 saturated heterocycles. The van der Waals surface area contributed by atoms with Gasteiger partial charge in [-0.05, 0) is 48.5 Å². The SMILES string of the molecule is O=C(c1cc(F)ccc1-c1ncccn1)N1CC=COC1Cn1ccc(-c2ccc(F)cn2)n1. The van der Waals surface area contributed by atoms with Crippen LogP contribution in [0.3, 0.4) is 0 Å². The molecule has 0 N–H and O–H groups in total. The average Bonchev–Trinajstić information content (AvgIpc) is 3.33. The minimum Gasteiger partial charge on any atom is -0.476 e. The maximum Gasteiger partial charge on any atom is 0.257 e. The lowest BCUT2D eigenvalue weighted by atomic mass is 10.0. The van der Waals surface area contributed by atoms with E-state index in [2.05, 4.69) is 20.1 Å². The summed E-state index contributed by atoms with van der Waals surface area (Å²) in [4.78, 5) is 27.4. The van der Waals surface area contributed by atoms with E-state index in [1.807, 2.05) is 0 Å². The first-order valence-electron chi connectivity index (χ1n) is 10.4. The van der Waals surface area contributed by atoms with E-state index in [1.165, 1.54) is 41.5 Å². The van der Waals surface area contributed by atoms with Crippen LogP contribution in [-0.2, 0) is 11.3 Å². The highest BCUT2D eigenvalue weighted by Gasteiger charge is 2.30. The summed E-state index contributed by atoms with van der Waals surface area (Å²) < 4.78 is 34.6. The Balaban J connectivity index is 1.41. The molecule has 10 heteroatoms. The third-order valence-electron chi connectivity index (χ3n) is 5.23. The van der Waals surface area contributed by atoms with E-state index >= 15 is 0 Å². The van der Waals surface area contributed by atoms with Crippen LogP contribution in [0.4, 0.5) is 8.78 Å². The van der Waals surface area contributed by atoms with Crippen molar-refractivity contribution in [3.8, 4) is 22.8 Å². The summed E-state index contributed by atoms with van der Waals surface area (Å²) in [7, 11) is 0. The van der Waals surface area contributed by atoms with Crippen LogP contribution >= 0.6 is 0 Å². The molecular formula is C24H18F2N6O2. The number of carbonyl (C=O) groups is 1. The molecule has 0 saturated carbocycles. The molecule has 170 valence electrons. The normalized spacial score (nSPS) is 15.2. The lowest BCUT2D eigenvalue weighted by molar-refractivity contribution is -0.0174. The van der Waals surface area contributed by atoms with E-state index < -0.39 is 23.8 Å². The van der Waals surface area contributed by atoms with Crippen molar-refractivity contribution in [1.82, 2.24) is 29.6 Å². The highest BCUT2D eigenvalue weighted by atomic mass is 19.1. The second kappa shape index (κ2) is 9.18. The second-order valence-corrected chi connectivity index (χ2v) is 7.47. The molecule has 1 atom stereocenters. The molecule has 8 nitrogen and oxygen atoms in total. The fraction of sp³-hybridized carbons (Fsp3) is 0.125. The predicted molar refractivity (Wildman–Crippen MR) is 118 cm³/mol. The van der Waals surface area contributed by atoms with Gasteiger partial charge >= 0.3 is 0 Å². The van der Waals surface area contributed by atoms with Gasteiger partial charge in [0.2, 0.25) is 0 Å². The van der Waals surface area contributed by atoms with Crippen LogP contribution in [-0.4, -0.2) is 48.3 Å². The molecule has 4 heterocycles. The zero-order valence-electron chi connectivity index (χ0n) is 17.8. The van der Waals surface area contributed by atoms with Crippen LogP contribution in [0.1, 0.15) is 10.4 Å². The Hall–Kier alpha value is -4.47. The Labute approximate surface area is 193 Å². The number of halogens is 2. The molecule has 34 heavy (non-hydrogen) atoms. The number of amides is 1. The third-order valence-corrected chi connectivity index (χ3v) is 5.23. The van der Waals surface area contributed by atoms with Crippen LogP contribution in [0.5, 0.6) is 0 Å². The molecule has 1 aliphatic rings. The highest BCUT2D eigenvalue weighted by Crippen LogP contribution is 2.25. The maximum atomic E-state index is 14.1. The number of pyridine rings is 1. The first-order valence-corrected chi connectivity index (χ1v) is 10.4. The molecule has 0 bridgehead atoms. The van der Waals surface area contributed by atoms with Gasteiger partial charge in [-0.3, -0.25) is 19.4 Å². The largest absolute Gasteiger partial charge is 0.476 e. The monoisotopic (exact) mass is 460 g/mol. The van der Waals surface area contributed by atoms with E-state index in [0.29, 0.717) is 22.8 Å². The van der Waals surface area contributed by atoms with Crippen molar-refractivity contribution in [2.24, 2.45) is 0 Å². The number of aromatic nitrogens is 5. The van der Waals surface area contributed by atoms with E-state index in [4.69, 9.17) is 4.74 Å². The molecule has 0 aliphatic carbocycles. The van der Waals surface area contributed by atoms with Crippen molar-refractivity contribution in [2.45, 2.75) is 12.8 Å². The molecular weight excluding hydrogens is 442 g/mol. The van der Waals surface area contributed by atoms with Gasteiger partial charge in [0.25, 0.3) is 5.91 Å². The first-order chi connectivity index (χ1) is 16.6. The van der Waals surface area contributed by atoms with E-state index in [0.717, 1.165) is 6.20 Å². The minimum absolute atomic E-state index is 0.131. The van der Waals surface area contributed by atoms with Crippen LogP contribution in [0.25, 0.3) is 22.8 Å². The van der Waals surface area contributed by atoms with E-state index in [-0.39, 0.29) is 18.7 Å². The molecule has 1 aliphatic heterocycles. The number of carbonyl (C=O) groups excluding carboxylic acids is 1. The van der Waals surface area contributed by atoms with Gasteiger partial charge in [-0.2, -0.15) is 5.10 Å². The van der Waals surface area contributed by atoms with Gasteiger partial charge in [-0.1, -0.05) is 0 Å². The smallest absolute Gasteiger partial charge is 0.257 e. The van der Waals surface area contributed by atoms with Crippen molar-refractivity contribution in [3.63, 3.8) is 0 Å². The molecule has 1 unspecified atom stereocenters. The molecule has 0 fully saturated rings.